The molecule has 2 rings (SSSR count). The molecule has 1 aliphatic rings. The van der Waals surface area contributed by atoms with Crippen LogP contribution < -0.4 is 5.32 Å². The molecule has 0 aliphatic carbocycles. The molecule has 8 heteroatoms. The van der Waals surface area contributed by atoms with Crippen molar-refractivity contribution < 1.29 is 22.7 Å². The molecular formula is C20H30N2O5S. The lowest BCUT2D eigenvalue weighted by Gasteiger charge is -2.29. The minimum atomic E-state index is -3.57. The predicted molar refractivity (Wildman–Crippen MR) is 106 cm³/mol. The molecule has 1 atom stereocenters. The lowest BCUT2D eigenvalue weighted by atomic mass is 10.0. The summed E-state index contributed by atoms with van der Waals surface area (Å²) in [6.45, 7) is 10.1. The Bertz CT molecular complexity index is 804. The molecule has 0 unspecified atom stereocenters. The molecule has 0 aromatic heterocycles. The van der Waals surface area contributed by atoms with E-state index in [1.807, 2.05) is 20.8 Å². The number of amides is 1. The van der Waals surface area contributed by atoms with Crippen LogP contribution in [0.4, 0.5) is 0 Å². The highest BCUT2D eigenvalue weighted by Gasteiger charge is 2.28. The summed E-state index contributed by atoms with van der Waals surface area (Å²) >= 11 is 0. The van der Waals surface area contributed by atoms with Gasteiger partial charge in [0.2, 0.25) is 10.0 Å². The Morgan fingerprint density at radius 2 is 1.68 bits per heavy atom. The molecule has 0 radical (unpaired) electrons. The number of nitrogens with zero attached hydrogens (tertiary/aromatic N) is 1. The van der Waals surface area contributed by atoms with Crippen LogP contribution in [0.3, 0.4) is 0 Å². The first kappa shape index (κ1) is 22.4. The number of esters is 1. The lowest BCUT2D eigenvalue weighted by Crippen LogP contribution is -2.46. The largest absolute Gasteiger partial charge is 0.449 e. The Hall–Kier alpha value is -1.93. The van der Waals surface area contributed by atoms with Crippen LogP contribution >= 0.6 is 0 Å². The minimum Gasteiger partial charge on any atom is -0.449 e. The van der Waals surface area contributed by atoms with E-state index >= 15 is 0 Å². The first-order valence-corrected chi connectivity index (χ1v) is 11.0. The SMILES string of the molecule is CC1CCN(S(=O)(=O)c2ccc(C(=O)O[C@H](C)C(=O)NC(C)(C)C)cc2)CC1. The van der Waals surface area contributed by atoms with E-state index in [1.54, 1.807) is 0 Å². The quantitative estimate of drug-likeness (QED) is 0.753. The fourth-order valence-electron chi connectivity index (χ4n) is 2.89. The number of hydrogen-bond acceptors (Lipinski definition) is 5. The molecule has 1 aliphatic heterocycles. The second kappa shape index (κ2) is 8.61. The molecule has 0 spiro atoms. The number of nitrogens with one attached hydrogen (secondary N) is 1. The Labute approximate surface area is 167 Å². The summed E-state index contributed by atoms with van der Waals surface area (Å²) in [4.78, 5) is 24.4. The zero-order chi connectivity index (χ0) is 21.1. The Morgan fingerprint density at radius 1 is 1.14 bits per heavy atom. The third-order valence-corrected chi connectivity index (χ3v) is 6.53. The highest BCUT2D eigenvalue weighted by atomic mass is 32.2. The van der Waals surface area contributed by atoms with Gasteiger partial charge in [0.15, 0.2) is 6.10 Å². The van der Waals surface area contributed by atoms with Gasteiger partial charge in [0.05, 0.1) is 10.5 Å². The zero-order valence-corrected chi connectivity index (χ0v) is 18.0. The monoisotopic (exact) mass is 410 g/mol. The Balaban J connectivity index is 2.03. The van der Waals surface area contributed by atoms with Gasteiger partial charge in [0, 0.05) is 18.6 Å². The molecule has 28 heavy (non-hydrogen) atoms. The fourth-order valence-corrected chi connectivity index (χ4v) is 4.36. The van der Waals surface area contributed by atoms with Crippen LogP contribution in [0.1, 0.15) is 57.8 Å². The summed E-state index contributed by atoms with van der Waals surface area (Å²) in [5.74, 6) is -0.534. The number of ether oxygens (including phenoxy) is 1. The van der Waals surface area contributed by atoms with Gasteiger partial charge in [-0.15, -0.1) is 0 Å². The topological polar surface area (TPSA) is 92.8 Å². The molecule has 1 saturated heterocycles. The van der Waals surface area contributed by atoms with Gasteiger partial charge in [0.25, 0.3) is 5.91 Å². The van der Waals surface area contributed by atoms with Gasteiger partial charge in [0.1, 0.15) is 0 Å². The van der Waals surface area contributed by atoms with E-state index in [0.717, 1.165) is 12.8 Å². The maximum atomic E-state index is 12.7. The smallest absolute Gasteiger partial charge is 0.338 e. The van der Waals surface area contributed by atoms with Crippen LogP contribution in [0, 0.1) is 5.92 Å². The zero-order valence-electron chi connectivity index (χ0n) is 17.2. The molecular weight excluding hydrogens is 380 g/mol. The summed E-state index contributed by atoms with van der Waals surface area (Å²) in [5.41, 5.74) is -0.235. The van der Waals surface area contributed by atoms with Crippen molar-refractivity contribution in [2.75, 3.05) is 13.1 Å². The maximum absolute atomic E-state index is 12.7. The van der Waals surface area contributed by atoms with Crippen molar-refractivity contribution in [1.29, 1.82) is 0 Å². The lowest BCUT2D eigenvalue weighted by molar-refractivity contribution is -0.130. The van der Waals surface area contributed by atoms with E-state index in [9.17, 15) is 18.0 Å². The maximum Gasteiger partial charge on any atom is 0.338 e. The van der Waals surface area contributed by atoms with Gasteiger partial charge in [-0.1, -0.05) is 6.92 Å². The molecule has 0 saturated carbocycles. The van der Waals surface area contributed by atoms with Crippen LogP contribution in [0.5, 0.6) is 0 Å². The Morgan fingerprint density at radius 3 is 2.18 bits per heavy atom. The van der Waals surface area contributed by atoms with E-state index in [2.05, 4.69) is 12.2 Å². The highest BCUT2D eigenvalue weighted by molar-refractivity contribution is 7.89. The van der Waals surface area contributed by atoms with Crippen molar-refractivity contribution in [3.8, 4) is 0 Å². The number of carbonyl (C=O) groups excluding carboxylic acids is 2. The minimum absolute atomic E-state index is 0.150. The molecule has 0 bridgehead atoms. The number of hydrogen-bond donors (Lipinski definition) is 1. The van der Waals surface area contributed by atoms with Crippen molar-refractivity contribution in [2.45, 2.75) is 64.0 Å². The first-order valence-electron chi connectivity index (χ1n) is 9.53. The summed E-state index contributed by atoms with van der Waals surface area (Å²) in [5, 5.41) is 2.74. The average Bonchev–Trinajstić information content (AvgIpc) is 2.60. The van der Waals surface area contributed by atoms with Crippen molar-refractivity contribution >= 4 is 21.9 Å². The number of benzene rings is 1. The van der Waals surface area contributed by atoms with Gasteiger partial charge in [-0.25, -0.2) is 13.2 Å². The second-order valence-electron chi connectivity index (χ2n) is 8.40. The third-order valence-electron chi connectivity index (χ3n) is 4.62. The van der Waals surface area contributed by atoms with Gasteiger partial charge in [-0.05, 0) is 70.7 Å². The van der Waals surface area contributed by atoms with E-state index in [4.69, 9.17) is 4.74 Å². The van der Waals surface area contributed by atoms with Crippen molar-refractivity contribution in [1.82, 2.24) is 9.62 Å². The summed E-state index contributed by atoms with van der Waals surface area (Å²) < 4.78 is 32.1. The summed E-state index contributed by atoms with van der Waals surface area (Å²) in [6.07, 6.45) is 0.738. The number of sulfonamides is 1. The molecule has 1 amide bonds. The first-order chi connectivity index (χ1) is 12.9. The van der Waals surface area contributed by atoms with Gasteiger partial charge < -0.3 is 10.1 Å². The molecule has 7 nitrogen and oxygen atoms in total. The number of rotatable bonds is 5. The van der Waals surface area contributed by atoms with Crippen LogP contribution in [-0.4, -0.2) is 49.3 Å². The molecule has 1 N–H and O–H groups in total. The van der Waals surface area contributed by atoms with Gasteiger partial charge >= 0.3 is 5.97 Å². The fraction of sp³-hybridized carbons (Fsp3) is 0.600. The normalized spacial score (nSPS) is 17.8. The van der Waals surface area contributed by atoms with E-state index < -0.39 is 27.6 Å². The summed E-state index contributed by atoms with van der Waals surface area (Å²) in [7, 11) is -3.57. The highest BCUT2D eigenvalue weighted by Crippen LogP contribution is 2.23. The van der Waals surface area contributed by atoms with E-state index in [-0.39, 0.29) is 16.4 Å². The molecule has 1 heterocycles. The Kier molecular flexibility index (Phi) is 6.88. The second-order valence-corrected chi connectivity index (χ2v) is 10.3. The average molecular weight is 411 g/mol. The molecule has 1 aromatic rings. The van der Waals surface area contributed by atoms with Crippen molar-refractivity contribution in [3.63, 3.8) is 0 Å². The van der Waals surface area contributed by atoms with Crippen LogP contribution in [0.25, 0.3) is 0 Å². The molecule has 1 aromatic carbocycles. The van der Waals surface area contributed by atoms with Crippen LogP contribution in [0.2, 0.25) is 0 Å². The number of piperidine rings is 1. The van der Waals surface area contributed by atoms with Crippen LogP contribution in [-0.2, 0) is 19.6 Å². The summed E-state index contributed by atoms with van der Waals surface area (Å²) in [6, 6.07) is 5.64. The van der Waals surface area contributed by atoms with Crippen molar-refractivity contribution in [3.05, 3.63) is 29.8 Å². The van der Waals surface area contributed by atoms with E-state index in [0.29, 0.717) is 19.0 Å². The number of carbonyl (C=O) groups is 2. The predicted octanol–water partition coefficient (Wildman–Crippen LogP) is 2.57. The van der Waals surface area contributed by atoms with Gasteiger partial charge in [-0.3, -0.25) is 4.79 Å². The van der Waals surface area contributed by atoms with Crippen LogP contribution in [0.15, 0.2) is 29.2 Å². The third kappa shape index (κ3) is 5.78. The van der Waals surface area contributed by atoms with Gasteiger partial charge in [-0.2, -0.15) is 4.31 Å². The standard InChI is InChI=1S/C20H30N2O5S/c1-14-10-12-22(13-11-14)28(25,26)17-8-6-16(7-9-17)19(24)27-15(2)18(23)21-20(3,4)5/h6-9,14-15H,10-13H2,1-5H3,(H,21,23)/t15-/m1/s1. The van der Waals surface area contributed by atoms with E-state index in [1.165, 1.54) is 35.5 Å². The van der Waals surface area contributed by atoms with Crippen molar-refractivity contribution in [2.24, 2.45) is 5.92 Å². The molecule has 1 fully saturated rings. The molecule has 156 valence electrons.